The van der Waals surface area contributed by atoms with Gasteiger partial charge in [0.15, 0.2) is 0 Å². The lowest BCUT2D eigenvalue weighted by atomic mass is 10.0. The zero-order valence-electron chi connectivity index (χ0n) is 19.8. The van der Waals surface area contributed by atoms with Crippen LogP contribution in [0.1, 0.15) is 24.5 Å². The van der Waals surface area contributed by atoms with Crippen molar-refractivity contribution in [2.45, 2.75) is 36.0 Å². The number of aryl methyl sites for hydroxylation is 2. The van der Waals surface area contributed by atoms with E-state index in [2.05, 4.69) is 4.72 Å². The van der Waals surface area contributed by atoms with Crippen LogP contribution >= 0.6 is 0 Å². The van der Waals surface area contributed by atoms with Crippen molar-refractivity contribution >= 4 is 31.4 Å². The van der Waals surface area contributed by atoms with Gasteiger partial charge in [-0.3, -0.25) is 9.03 Å². The molecule has 0 amide bonds. The number of hydrogen-bond acceptors (Lipinski definition) is 6. The summed E-state index contributed by atoms with van der Waals surface area (Å²) >= 11 is 0. The fraction of sp³-hybridized carbons (Fsp3) is 0.280. The number of methoxy groups -OCH3 is 2. The number of nitrogens with zero attached hydrogens (tertiary/aromatic N) is 1. The van der Waals surface area contributed by atoms with Crippen LogP contribution in [0.4, 0.5) is 11.4 Å². The lowest BCUT2D eigenvalue weighted by Gasteiger charge is -2.31. The quantitative estimate of drug-likeness (QED) is 0.481. The number of fused-ring (bicyclic) bond motifs is 1. The van der Waals surface area contributed by atoms with Gasteiger partial charge in [-0.15, -0.1) is 0 Å². The van der Waals surface area contributed by atoms with Gasteiger partial charge in [0, 0.05) is 12.2 Å². The van der Waals surface area contributed by atoms with Crippen molar-refractivity contribution < 1.29 is 26.3 Å². The van der Waals surface area contributed by atoms with Crippen molar-refractivity contribution in [3.63, 3.8) is 0 Å². The third kappa shape index (κ3) is 4.94. The molecule has 0 aliphatic carbocycles. The Kier molecular flexibility index (Phi) is 6.95. The number of sulfonamides is 2. The highest BCUT2D eigenvalue weighted by atomic mass is 32.2. The first kappa shape index (κ1) is 24.9. The average Bonchev–Trinajstić information content (AvgIpc) is 2.87. The summed E-state index contributed by atoms with van der Waals surface area (Å²) in [6.45, 7) is 2.29. The molecule has 1 aliphatic heterocycles. The summed E-state index contributed by atoms with van der Waals surface area (Å²) in [6, 6.07) is 16.2. The van der Waals surface area contributed by atoms with Crippen molar-refractivity contribution in [1.82, 2.24) is 0 Å². The van der Waals surface area contributed by atoms with Crippen molar-refractivity contribution in [2.75, 3.05) is 29.8 Å². The van der Waals surface area contributed by atoms with Crippen LogP contribution in [-0.2, 0) is 32.9 Å². The van der Waals surface area contributed by atoms with E-state index in [9.17, 15) is 16.8 Å². The molecule has 0 spiro atoms. The molecule has 1 aliphatic rings. The number of ether oxygens (including phenoxy) is 2. The number of nitrogens with one attached hydrogen (secondary N) is 1. The minimum Gasteiger partial charge on any atom is -0.497 e. The van der Waals surface area contributed by atoms with Crippen LogP contribution in [0.25, 0.3) is 0 Å². The number of benzene rings is 3. The minimum absolute atomic E-state index is 0.0563. The Labute approximate surface area is 206 Å². The Morgan fingerprint density at radius 1 is 0.914 bits per heavy atom. The SMILES string of the molecule is CCc1ccc(OC)c(S(=O)(=O)Nc2ccc3c(c2)CCCN3S(=O)(=O)c2ccc(OC)cc2)c1. The highest BCUT2D eigenvalue weighted by Crippen LogP contribution is 2.35. The molecule has 3 aromatic carbocycles. The molecule has 0 radical (unpaired) electrons. The molecule has 3 aromatic rings. The molecule has 0 saturated heterocycles. The van der Waals surface area contributed by atoms with Crippen molar-refractivity contribution in [1.29, 1.82) is 0 Å². The first-order valence-corrected chi connectivity index (χ1v) is 14.1. The molecule has 0 saturated carbocycles. The second-order valence-corrected chi connectivity index (χ2v) is 11.7. The van der Waals surface area contributed by atoms with E-state index in [0.717, 1.165) is 11.1 Å². The molecular formula is C25H28N2O6S2. The first-order valence-electron chi connectivity index (χ1n) is 11.2. The third-order valence-electron chi connectivity index (χ3n) is 5.98. The predicted octanol–water partition coefficient (Wildman–Crippen LogP) is 4.21. The maximum atomic E-state index is 13.3. The topological polar surface area (TPSA) is 102 Å². The molecule has 10 heteroatoms. The fourth-order valence-electron chi connectivity index (χ4n) is 4.11. The summed E-state index contributed by atoms with van der Waals surface area (Å²) in [5, 5.41) is 0. The van der Waals surface area contributed by atoms with Gasteiger partial charge in [-0.2, -0.15) is 0 Å². The van der Waals surface area contributed by atoms with E-state index >= 15 is 0 Å². The molecule has 0 aromatic heterocycles. The Morgan fingerprint density at radius 2 is 1.66 bits per heavy atom. The summed E-state index contributed by atoms with van der Waals surface area (Å²) < 4.78 is 67.4. The second kappa shape index (κ2) is 9.79. The summed E-state index contributed by atoms with van der Waals surface area (Å²) in [5.74, 6) is 0.824. The molecule has 0 atom stereocenters. The normalized spacial score (nSPS) is 13.7. The van der Waals surface area contributed by atoms with E-state index in [1.807, 2.05) is 13.0 Å². The van der Waals surface area contributed by atoms with Gasteiger partial charge < -0.3 is 9.47 Å². The van der Waals surface area contributed by atoms with Crippen LogP contribution in [0.3, 0.4) is 0 Å². The van der Waals surface area contributed by atoms with Crippen LogP contribution in [0.2, 0.25) is 0 Å². The Bertz CT molecular complexity index is 1440. The first-order chi connectivity index (χ1) is 16.7. The van der Waals surface area contributed by atoms with E-state index in [1.54, 1.807) is 42.5 Å². The summed E-state index contributed by atoms with van der Waals surface area (Å²) in [6.07, 6.45) is 1.93. The standard InChI is InChI=1S/C25H28N2O6S2/c1-4-18-7-14-24(33-3)25(16-18)34(28,29)26-20-8-13-23-19(17-20)6-5-15-27(23)35(30,31)22-11-9-21(32-2)10-12-22/h7-14,16-17,26H,4-6,15H2,1-3H3. The number of rotatable bonds is 8. The van der Waals surface area contributed by atoms with Crippen LogP contribution < -0.4 is 18.5 Å². The molecule has 186 valence electrons. The number of anilines is 2. The Balaban J connectivity index is 1.65. The van der Waals surface area contributed by atoms with Crippen molar-refractivity contribution in [3.8, 4) is 11.5 Å². The molecule has 0 unspecified atom stereocenters. The van der Waals surface area contributed by atoms with Crippen LogP contribution in [0.5, 0.6) is 11.5 Å². The van der Waals surface area contributed by atoms with Crippen LogP contribution in [0, 0.1) is 0 Å². The van der Waals surface area contributed by atoms with Gasteiger partial charge in [-0.05, 0) is 85.0 Å². The number of hydrogen-bond donors (Lipinski definition) is 1. The second-order valence-electron chi connectivity index (χ2n) is 8.14. The third-order valence-corrected chi connectivity index (χ3v) is 9.21. The van der Waals surface area contributed by atoms with E-state index in [0.29, 0.717) is 42.9 Å². The van der Waals surface area contributed by atoms with Crippen LogP contribution in [0.15, 0.2) is 70.5 Å². The van der Waals surface area contributed by atoms with Gasteiger partial charge in [0.05, 0.1) is 24.8 Å². The Morgan fingerprint density at radius 3 is 2.31 bits per heavy atom. The van der Waals surface area contributed by atoms with Gasteiger partial charge in [-0.1, -0.05) is 13.0 Å². The van der Waals surface area contributed by atoms with Crippen LogP contribution in [-0.4, -0.2) is 37.6 Å². The smallest absolute Gasteiger partial charge is 0.265 e. The summed E-state index contributed by atoms with van der Waals surface area (Å²) in [5.41, 5.74) is 2.52. The highest BCUT2D eigenvalue weighted by molar-refractivity contribution is 7.93. The molecule has 8 nitrogen and oxygen atoms in total. The van der Waals surface area contributed by atoms with Gasteiger partial charge in [0.25, 0.3) is 20.0 Å². The minimum atomic E-state index is -3.93. The largest absolute Gasteiger partial charge is 0.497 e. The summed E-state index contributed by atoms with van der Waals surface area (Å²) in [4.78, 5) is 0.222. The maximum Gasteiger partial charge on any atom is 0.265 e. The van der Waals surface area contributed by atoms with Crippen molar-refractivity contribution in [3.05, 3.63) is 71.8 Å². The lowest BCUT2D eigenvalue weighted by Crippen LogP contribution is -2.35. The van der Waals surface area contributed by atoms with E-state index in [1.165, 1.54) is 30.7 Å². The fourth-order valence-corrected chi connectivity index (χ4v) is 6.92. The molecule has 4 rings (SSSR count). The Hall–Kier alpha value is -3.24. The van der Waals surface area contributed by atoms with E-state index in [-0.39, 0.29) is 15.5 Å². The average molecular weight is 517 g/mol. The van der Waals surface area contributed by atoms with Gasteiger partial charge in [0.2, 0.25) is 0 Å². The lowest BCUT2D eigenvalue weighted by molar-refractivity contribution is 0.402. The predicted molar refractivity (Wildman–Crippen MR) is 135 cm³/mol. The van der Waals surface area contributed by atoms with Gasteiger partial charge in [-0.25, -0.2) is 16.8 Å². The summed E-state index contributed by atoms with van der Waals surface area (Å²) in [7, 11) is -4.76. The molecular weight excluding hydrogens is 488 g/mol. The molecule has 0 bridgehead atoms. The molecule has 35 heavy (non-hydrogen) atoms. The van der Waals surface area contributed by atoms with Gasteiger partial charge >= 0.3 is 0 Å². The zero-order valence-corrected chi connectivity index (χ0v) is 21.4. The van der Waals surface area contributed by atoms with Crippen molar-refractivity contribution in [2.24, 2.45) is 0 Å². The van der Waals surface area contributed by atoms with E-state index in [4.69, 9.17) is 9.47 Å². The maximum absolute atomic E-state index is 13.3. The molecule has 1 heterocycles. The zero-order chi connectivity index (χ0) is 25.2. The van der Waals surface area contributed by atoms with E-state index < -0.39 is 20.0 Å². The molecule has 0 fully saturated rings. The van der Waals surface area contributed by atoms with Gasteiger partial charge in [0.1, 0.15) is 16.4 Å². The molecule has 1 N–H and O–H groups in total. The highest BCUT2D eigenvalue weighted by Gasteiger charge is 2.30. The monoisotopic (exact) mass is 516 g/mol.